The largest absolute Gasteiger partial charge is 0.462 e. The number of methoxy groups -OCH3 is 1. The van der Waals surface area contributed by atoms with Gasteiger partial charge in [-0.15, -0.1) is 0 Å². The fourth-order valence-electron chi connectivity index (χ4n) is 2.20. The Morgan fingerprint density at radius 1 is 1.17 bits per heavy atom. The zero-order valence-corrected chi connectivity index (χ0v) is 15.6. The number of hydrogen-bond donors (Lipinski definition) is 0. The number of carbonyl (C=O) groups is 2. The lowest BCUT2D eigenvalue weighted by Gasteiger charge is -2.27. The first-order valence-electron chi connectivity index (χ1n) is 8.23. The van der Waals surface area contributed by atoms with E-state index in [2.05, 4.69) is 20.8 Å². The fourth-order valence-corrected chi connectivity index (χ4v) is 2.20. The summed E-state index contributed by atoms with van der Waals surface area (Å²) in [4.78, 5) is 26.3. The van der Waals surface area contributed by atoms with Gasteiger partial charge in [-0.05, 0) is 37.0 Å². The number of benzene rings is 1. The van der Waals surface area contributed by atoms with Crippen molar-refractivity contribution in [1.82, 2.24) is 4.90 Å². The van der Waals surface area contributed by atoms with Gasteiger partial charge in [-0.25, -0.2) is 0 Å². The van der Waals surface area contributed by atoms with Crippen LogP contribution in [-0.4, -0.2) is 49.7 Å². The van der Waals surface area contributed by atoms with Crippen LogP contribution in [0.5, 0.6) is 0 Å². The molecule has 1 rings (SSSR count). The Balaban J connectivity index is 2.89. The van der Waals surface area contributed by atoms with Crippen LogP contribution < -0.4 is 0 Å². The number of rotatable bonds is 7. The zero-order chi connectivity index (χ0) is 18.3. The number of amides is 1. The lowest BCUT2D eigenvalue weighted by Crippen LogP contribution is -2.41. The Hall–Kier alpha value is -1.88. The molecular weight excluding hydrogens is 306 g/mol. The SMILES string of the molecule is COCCOC(=O)CN(C(=O)c1cccc(C(C)(C)C)c1)C(C)C. The summed E-state index contributed by atoms with van der Waals surface area (Å²) in [6.45, 7) is 10.5. The summed E-state index contributed by atoms with van der Waals surface area (Å²) < 4.78 is 9.92. The maximum atomic E-state index is 12.8. The zero-order valence-electron chi connectivity index (χ0n) is 15.6. The normalized spacial score (nSPS) is 11.5. The van der Waals surface area contributed by atoms with Crippen LogP contribution >= 0.6 is 0 Å². The summed E-state index contributed by atoms with van der Waals surface area (Å²) in [6, 6.07) is 7.46. The molecule has 1 aromatic carbocycles. The van der Waals surface area contributed by atoms with E-state index in [9.17, 15) is 9.59 Å². The lowest BCUT2D eigenvalue weighted by molar-refractivity contribution is -0.146. The second-order valence-corrected chi connectivity index (χ2v) is 7.07. The third-order valence-electron chi connectivity index (χ3n) is 3.71. The number of carbonyl (C=O) groups excluding carboxylic acids is 2. The van der Waals surface area contributed by atoms with Crippen LogP contribution in [0.15, 0.2) is 24.3 Å². The summed E-state index contributed by atoms with van der Waals surface area (Å²) in [5, 5.41) is 0. The van der Waals surface area contributed by atoms with Crippen molar-refractivity contribution in [2.75, 3.05) is 26.9 Å². The second kappa shape index (κ2) is 8.83. The quantitative estimate of drug-likeness (QED) is 0.568. The van der Waals surface area contributed by atoms with Crippen molar-refractivity contribution in [2.24, 2.45) is 0 Å². The number of nitrogens with zero attached hydrogens (tertiary/aromatic N) is 1. The molecule has 0 atom stereocenters. The van der Waals surface area contributed by atoms with Crippen LogP contribution in [0.4, 0.5) is 0 Å². The van der Waals surface area contributed by atoms with Gasteiger partial charge in [0.15, 0.2) is 0 Å². The van der Waals surface area contributed by atoms with Gasteiger partial charge in [-0.2, -0.15) is 0 Å². The molecule has 0 saturated heterocycles. The van der Waals surface area contributed by atoms with Crippen molar-refractivity contribution in [2.45, 2.75) is 46.1 Å². The van der Waals surface area contributed by atoms with Gasteiger partial charge in [0.1, 0.15) is 13.2 Å². The van der Waals surface area contributed by atoms with Gasteiger partial charge in [0, 0.05) is 18.7 Å². The van der Waals surface area contributed by atoms with Crippen LogP contribution in [0.3, 0.4) is 0 Å². The van der Waals surface area contributed by atoms with E-state index < -0.39 is 5.97 Å². The Morgan fingerprint density at radius 3 is 2.38 bits per heavy atom. The third kappa shape index (κ3) is 5.96. The molecule has 1 aromatic rings. The molecule has 0 aliphatic carbocycles. The van der Waals surface area contributed by atoms with Crippen molar-refractivity contribution < 1.29 is 19.1 Å². The molecule has 0 saturated carbocycles. The first kappa shape index (κ1) is 20.2. The molecular formula is C19H29NO4. The molecule has 0 fully saturated rings. The van der Waals surface area contributed by atoms with Crippen LogP contribution in [0.2, 0.25) is 0 Å². The maximum Gasteiger partial charge on any atom is 0.325 e. The first-order chi connectivity index (χ1) is 11.2. The molecule has 24 heavy (non-hydrogen) atoms. The monoisotopic (exact) mass is 335 g/mol. The molecule has 0 aliphatic rings. The van der Waals surface area contributed by atoms with E-state index in [1.165, 1.54) is 4.90 Å². The van der Waals surface area contributed by atoms with Crippen molar-refractivity contribution in [3.63, 3.8) is 0 Å². The van der Waals surface area contributed by atoms with E-state index in [1.807, 2.05) is 32.0 Å². The molecule has 0 radical (unpaired) electrons. The molecule has 0 bridgehead atoms. The molecule has 134 valence electrons. The highest BCUT2D eigenvalue weighted by molar-refractivity contribution is 5.96. The summed E-state index contributed by atoms with van der Waals surface area (Å²) in [5.41, 5.74) is 1.62. The van der Waals surface area contributed by atoms with Crippen molar-refractivity contribution in [3.8, 4) is 0 Å². The van der Waals surface area contributed by atoms with Crippen molar-refractivity contribution in [3.05, 3.63) is 35.4 Å². The van der Waals surface area contributed by atoms with Crippen molar-refractivity contribution in [1.29, 1.82) is 0 Å². The Morgan fingerprint density at radius 2 is 1.83 bits per heavy atom. The Kier molecular flexibility index (Phi) is 7.42. The Labute approximate surface area is 144 Å². The van der Waals surface area contributed by atoms with Crippen LogP contribution in [0.25, 0.3) is 0 Å². The van der Waals surface area contributed by atoms with E-state index in [0.29, 0.717) is 12.2 Å². The van der Waals surface area contributed by atoms with Gasteiger partial charge in [0.05, 0.1) is 6.61 Å². The predicted molar refractivity (Wildman–Crippen MR) is 94.1 cm³/mol. The summed E-state index contributed by atoms with van der Waals surface area (Å²) in [6.07, 6.45) is 0. The second-order valence-electron chi connectivity index (χ2n) is 7.07. The topological polar surface area (TPSA) is 55.8 Å². The first-order valence-corrected chi connectivity index (χ1v) is 8.23. The molecule has 5 nitrogen and oxygen atoms in total. The van der Waals surface area contributed by atoms with Crippen LogP contribution in [0.1, 0.15) is 50.5 Å². The van der Waals surface area contributed by atoms with Gasteiger partial charge >= 0.3 is 5.97 Å². The minimum atomic E-state index is -0.430. The molecule has 0 spiro atoms. The van der Waals surface area contributed by atoms with E-state index in [1.54, 1.807) is 13.2 Å². The highest BCUT2D eigenvalue weighted by Gasteiger charge is 2.23. The van der Waals surface area contributed by atoms with E-state index in [-0.39, 0.29) is 30.5 Å². The number of ether oxygens (including phenoxy) is 2. The van der Waals surface area contributed by atoms with Crippen molar-refractivity contribution >= 4 is 11.9 Å². The van der Waals surface area contributed by atoms with Crippen LogP contribution in [0, 0.1) is 0 Å². The molecule has 0 N–H and O–H groups in total. The molecule has 1 amide bonds. The Bertz CT molecular complexity index is 561. The standard InChI is InChI=1S/C19H29NO4/c1-14(2)20(13-17(21)24-11-10-23-6)18(22)15-8-7-9-16(12-15)19(3,4)5/h7-9,12,14H,10-11,13H2,1-6H3. The average molecular weight is 335 g/mol. The van der Waals surface area contributed by atoms with Gasteiger partial charge in [-0.1, -0.05) is 32.9 Å². The molecule has 5 heteroatoms. The van der Waals surface area contributed by atoms with E-state index in [4.69, 9.17) is 9.47 Å². The van der Waals surface area contributed by atoms with Gasteiger partial charge in [0.2, 0.25) is 0 Å². The van der Waals surface area contributed by atoms with Gasteiger partial charge < -0.3 is 14.4 Å². The number of esters is 1. The minimum Gasteiger partial charge on any atom is -0.462 e. The van der Waals surface area contributed by atoms with E-state index in [0.717, 1.165) is 5.56 Å². The van der Waals surface area contributed by atoms with E-state index >= 15 is 0 Å². The summed E-state index contributed by atoms with van der Waals surface area (Å²) in [7, 11) is 1.54. The van der Waals surface area contributed by atoms with Gasteiger partial charge in [0.25, 0.3) is 5.91 Å². The summed E-state index contributed by atoms with van der Waals surface area (Å²) >= 11 is 0. The number of hydrogen-bond acceptors (Lipinski definition) is 4. The highest BCUT2D eigenvalue weighted by Crippen LogP contribution is 2.23. The third-order valence-corrected chi connectivity index (χ3v) is 3.71. The molecule has 0 aliphatic heterocycles. The lowest BCUT2D eigenvalue weighted by atomic mass is 9.86. The van der Waals surface area contributed by atoms with Gasteiger partial charge in [-0.3, -0.25) is 9.59 Å². The average Bonchev–Trinajstić information content (AvgIpc) is 2.51. The molecule has 0 aromatic heterocycles. The minimum absolute atomic E-state index is 0.0436. The summed E-state index contributed by atoms with van der Waals surface area (Å²) in [5.74, 6) is -0.596. The molecule has 0 heterocycles. The van der Waals surface area contributed by atoms with Crippen LogP contribution in [-0.2, 0) is 19.7 Å². The predicted octanol–water partition coefficient (Wildman–Crippen LogP) is 3.02. The maximum absolute atomic E-state index is 12.8. The highest BCUT2D eigenvalue weighted by atomic mass is 16.6. The fraction of sp³-hybridized carbons (Fsp3) is 0.579. The smallest absolute Gasteiger partial charge is 0.325 e. The molecule has 0 unspecified atom stereocenters.